The molecule has 0 aromatic carbocycles. The van der Waals surface area contributed by atoms with Crippen LogP contribution in [0.1, 0.15) is 57.8 Å². The summed E-state index contributed by atoms with van der Waals surface area (Å²) in [7, 11) is 0. The average molecular weight is 433 g/mol. The summed E-state index contributed by atoms with van der Waals surface area (Å²) in [5.74, 6) is -2.03. The zero-order valence-electron chi connectivity index (χ0n) is 17.5. The molecule has 1 aliphatic carbocycles. The van der Waals surface area contributed by atoms with Crippen LogP contribution in [0.3, 0.4) is 0 Å². The topological polar surface area (TPSA) is 164 Å². The van der Waals surface area contributed by atoms with Crippen LogP contribution in [-0.4, -0.2) is 72.7 Å². The molecule has 10 nitrogen and oxygen atoms in total. The van der Waals surface area contributed by atoms with Gasteiger partial charge in [0.05, 0.1) is 25.2 Å². The number of aliphatic carboxylic acids is 2. The molecule has 1 spiro atoms. The summed E-state index contributed by atoms with van der Waals surface area (Å²) in [6, 6.07) is 0. The summed E-state index contributed by atoms with van der Waals surface area (Å²) < 4.78 is 22.1. The Hall–Kier alpha value is -1.30. The third-order valence-corrected chi connectivity index (χ3v) is 5.71. The summed E-state index contributed by atoms with van der Waals surface area (Å²) in [6.45, 7) is 1.19. The van der Waals surface area contributed by atoms with Crippen molar-refractivity contribution in [3.63, 3.8) is 0 Å². The second-order valence-electron chi connectivity index (χ2n) is 8.04. The van der Waals surface area contributed by atoms with E-state index in [1.165, 1.54) is 6.42 Å². The van der Waals surface area contributed by atoms with E-state index in [2.05, 4.69) is 0 Å². The molecule has 3 fully saturated rings. The summed E-state index contributed by atoms with van der Waals surface area (Å²) in [5, 5.41) is 17.1. The van der Waals surface area contributed by atoms with Crippen LogP contribution in [0.25, 0.3) is 0 Å². The van der Waals surface area contributed by atoms with Gasteiger partial charge in [0.1, 0.15) is 6.61 Å². The molecule has 3 rings (SSSR count). The van der Waals surface area contributed by atoms with Crippen molar-refractivity contribution >= 4 is 11.9 Å². The number of carbonyl (C=O) groups is 2. The molecular weight excluding hydrogens is 396 g/mol. The molecule has 3 aliphatic rings. The van der Waals surface area contributed by atoms with E-state index in [-0.39, 0.29) is 25.2 Å². The molecule has 5 unspecified atom stereocenters. The fraction of sp³-hybridized carbons (Fsp3) is 0.900. The van der Waals surface area contributed by atoms with Crippen LogP contribution in [0.15, 0.2) is 0 Å². The molecule has 2 aliphatic heterocycles. The Morgan fingerprint density at radius 3 is 2.50 bits per heavy atom. The van der Waals surface area contributed by atoms with Gasteiger partial charge in [0.25, 0.3) is 0 Å². The van der Waals surface area contributed by atoms with Crippen LogP contribution in [0.4, 0.5) is 0 Å². The molecule has 0 amide bonds. The van der Waals surface area contributed by atoms with E-state index in [4.69, 9.17) is 40.6 Å². The van der Waals surface area contributed by atoms with Crippen molar-refractivity contribution in [1.82, 2.24) is 0 Å². The Bertz CT molecular complexity index is 547. The van der Waals surface area contributed by atoms with Crippen molar-refractivity contribution in [1.29, 1.82) is 0 Å². The molecule has 0 aromatic heterocycles. The highest BCUT2D eigenvalue weighted by atomic mass is 16.7. The third-order valence-electron chi connectivity index (χ3n) is 5.71. The standard InChI is InChI=1S/C12H21NO4.C8H15NO4/c13-6-4-9-3-1-2-5-12(9)16-8-10(17-12)7-11(14)15;9-4-6-2-1-3-8(13-6)12-5-7(10)11/h9-10H,1-8,13H2,(H,14,15);6,8H,1-5,9H2,(H,10,11). The second kappa shape index (κ2) is 12.5. The van der Waals surface area contributed by atoms with Crippen LogP contribution >= 0.6 is 0 Å². The predicted molar refractivity (Wildman–Crippen MR) is 107 cm³/mol. The van der Waals surface area contributed by atoms with E-state index in [1.54, 1.807) is 0 Å². The molecule has 0 bridgehead atoms. The van der Waals surface area contributed by atoms with Gasteiger partial charge in [0, 0.05) is 18.9 Å². The molecule has 30 heavy (non-hydrogen) atoms. The quantitative estimate of drug-likeness (QED) is 0.436. The number of hydrogen-bond acceptors (Lipinski definition) is 8. The molecule has 5 atom stereocenters. The van der Waals surface area contributed by atoms with E-state index >= 15 is 0 Å². The lowest BCUT2D eigenvalue weighted by Gasteiger charge is -2.39. The van der Waals surface area contributed by atoms with Crippen molar-refractivity contribution < 1.29 is 38.7 Å². The molecule has 2 heterocycles. The van der Waals surface area contributed by atoms with Gasteiger partial charge >= 0.3 is 11.9 Å². The molecular formula is C20H36N2O8. The van der Waals surface area contributed by atoms with Crippen molar-refractivity contribution in [2.24, 2.45) is 17.4 Å². The monoisotopic (exact) mass is 432 g/mol. The Morgan fingerprint density at radius 2 is 1.83 bits per heavy atom. The smallest absolute Gasteiger partial charge is 0.329 e. The van der Waals surface area contributed by atoms with Crippen LogP contribution in [0, 0.1) is 5.92 Å². The lowest BCUT2D eigenvalue weighted by Crippen LogP contribution is -2.43. The van der Waals surface area contributed by atoms with Crippen molar-refractivity contribution in [2.45, 2.75) is 82.1 Å². The zero-order valence-corrected chi connectivity index (χ0v) is 17.5. The van der Waals surface area contributed by atoms with E-state index < -0.39 is 24.0 Å². The Morgan fingerprint density at radius 1 is 1.03 bits per heavy atom. The van der Waals surface area contributed by atoms with Gasteiger partial charge in [-0.05, 0) is 45.1 Å². The minimum atomic E-state index is -0.974. The number of carboxylic acid groups (broad SMARTS) is 2. The first kappa shape index (κ1) is 25.0. The highest BCUT2D eigenvalue weighted by Gasteiger charge is 2.48. The Labute approximate surface area is 177 Å². The summed E-state index contributed by atoms with van der Waals surface area (Å²) in [6.07, 6.45) is 7.11. The fourth-order valence-electron chi connectivity index (χ4n) is 4.30. The van der Waals surface area contributed by atoms with Crippen LogP contribution in [-0.2, 0) is 28.5 Å². The Kier molecular flexibility index (Phi) is 10.4. The van der Waals surface area contributed by atoms with Gasteiger partial charge in [-0.2, -0.15) is 0 Å². The molecule has 6 N–H and O–H groups in total. The molecule has 1 saturated carbocycles. The molecule has 0 aromatic rings. The maximum absolute atomic E-state index is 10.7. The maximum Gasteiger partial charge on any atom is 0.329 e. The minimum Gasteiger partial charge on any atom is -0.481 e. The van der Waals surface area contributed by atoms with Gasteiger partial charge in [-0.15, -0.1) is 0 Å². The van der Waals surface area contributed by atoms with Gasteiger partial charge < -0.3 is 40.6 Å². The van der Waals surface area contributed by atoms with Crippen LogP contribution in [0.2, 0.25) is 0 Å². The summed E-state index contributed by atoms with van der Waals surface area (Å²) in [4.78, 5) is 20.9. The lowest BCUT2D eigenvalue weighted by atomic mass is 9.81. The van der Waals surface area contributed by atoms with Gasteiger partial charge in [-0.3, -0.25) is 4.79 Å². The summed E-state index contributed by atoms with van der Waals surface area (Å²) in [5.41, 5.74) is 11.0. The van der Waals surface area contributed by atoms with Crippen LogP contribution < -0.4 is 11.5 Å². The van der Waals surface area contributed by atoms with Gasteiger partial charge in [0.15, 0.2) is 12.1 Å². The highest BCUT2D eigenvalue weighted by molar-refractivity contribution is 5.68. The van der Waals surface area contributed by atoms with E-state index in [1.807, 2.05) is 0 Å². The van der Waals surface area contributed by atoms with E-state index in [9.17, 15) is 9.59 Å². The van der Waals surface area contributed by atoms with E-state index in [0.29, 0.717) is 25.6 Å². The second-order valence-corrected chi connectivity index (χ2v) is 8.04. The Balaban J connectivity index is 0.000000222. The first-order valence-corrected chi connectivity index (χ1v) is 10.8. The third kappa shape index (κ3) is 7.75. The van der Waals surface area contributed by atoms with Gasteiger partial charge in [-0.1, -0.05) is 6.42 Å². The zero-order chi connectivity index (χ0) is 22.0. The molecule has 0 radical (unpaired) electrons. The predicted octanol–water partition coefficient (Wildman–Crippen LogP) is 1.05. The number of rotatable bonds is 8. The van der Waals surface area contributed by atoms with Crippen molar-refractivity contribution in [2.75, 3.05) is 26.3 Å². The largest absolute Gasteiger partial charge is 0.481 e. The molecule has 10 heteroatoms. The maximum atomic E-state index is 10.7. The summed E-state index contributed by atoms with van der Waals surface area (Å²) >= 11 is 0. The molecule has 174 valence electrons. The van der Waals surface area contributed by atoms with E-state index in [0.717, 1.165) is 44.9 Å². The number of ether oxygens (including phenoxy) is 4. The normalized spacial score (nSPS) is 33.7. The number of nitrogens with two attached hydrogens (primary N) is 2. The first-order valence-electron chi connectivity index (χ1n) is 10.8. The van der Waals surface area contributed by atoms with Crippen LogP contribution in [0.5, 0.6) is 0 Å². The molecule has 2 saturated heterocycles. The first-order chi connectivity index (χ1) is 14.4. The lowest BCUT2D eigenvalue weighted by molar-refractivity contribution is -0.222. The van der Waals surface area contributed by atoms with Crippen molar-refractivity contribution in [3.05, 3.63) is 0 Å². The average Bonchev–Trinajstić information content (AvgIpc) is 3.11. The number of hydrogen-bond donors (Lipinski definition) is 4. The fourth-order valence-corrected chi connectivity index (χ4v) is 4.30. The number of carboxylic acids is 2. The minimum absolute atomic E-state index is 0.0209. The SMILES string of the molecule is NCC1CCCC(OCC(=O)O)O1.NCCC1CCCCC12OCC(CC(=O)O)O2. The highest BCUT2D eigenvalue weighted by Crippen LogP contribution is 2.44. The van der Waals surface area contributed by atoms with Gasteiger partial charge in [0.2, 0.25) is 0 Å². The van der Waals surface area contributed by atoms with Crippen molar-refractivity contribution in [3.8, 4) is 0 Å². The van der Waals surface area contributed by atoms with Gasteiger partial charge in [-0.25, -0.2) is 4.79 Å².